The van der Waals surface area contributed by atoms with Crippen LogP contribution in [0.25, 0.3) is 11.1 Å². The Morgan fingerprint density at radius 2 is 1.79 bits per heavy atom. The third-order valence-corrected chi connectivity index (χ3v) is 7.14. The van der Waals surface area contributed by atoms with Crippen LogP contribution in [0.5, 0.6) is 0 Å². The molecule has 0 fully saturated rings. The van der Waals surface area contributed by atoms with Crippen LogP contribution in [0.4, 0.5) is 26.3 Å². The van der Waals surface area contributed by atoms with E-state index in [1.54, 1.807) is 12.1 Å². The normalized spacial score (nSPS) is 13.9. The van der Waals surface area contributed by atoms with Gasteiger partial charge in [0.1, 0.15) is 17.5 Å². The first-order chi connectivity index (χ1) is 20.4. The number of aromatic nitrogens is 3. The van der Waals surface area contributed by atoms with E-state index < -0.39 is 53.5 Å². The molecule has 0 aliphatic carbocycles. The van der Waals surface area contributed by atoms with E-state index in [0.717, 1.165) is 22.9 Å². The van der Waals surface area contributed by atoms with E-state index in [0.29, 0.717) is 17.2 Å². The summed E-state index contributed by atoms with van der Waals surface area (Å²) < 4.78 is 89.6. The zero-order chi connectivity index (χ0) is 30.9. The third-order valence-electron chi connectivity index (χ3n) is 7.14. The van der Waals surface area contributed by atoms with Crippen LogP contribution in [0.3, 0.4) is 0 Å². The van der Waals surface area contributed by atoms with Crippen molar-refractivity contribution in [2.45, 2.75) is 44.5 Å². The number of carbonyl (C=O) groups is 2. The lowest BCUT2D eigenvalue weighted by Crippen LogP contribution is -2.20. The number of pyridine rings is 1. The number of rotatable bonds is 9. The van der Waals surface area contributed by atoms with Gasteiger partial charge in [-0.25, -0.2) is 13.2 Å². The molecule has 3 heterocycles. The van der Waals surface area contributed by atoms with Gasteiger partial charge >= 0.3 is 6.18 Å². The predicted octanol–water partition coefficient (Wildman–Crippen LogP) is 5.54. The number of nitrogens with zero attached hydrogens (tertiary/aromatic N) is 3. The average Bonchev–Trinajstić information content (AvgIpc) is 3.31. The lowest BCUT2D eigenvalue weighted by atomic mass is 9.86. The predicted molar refractivity (Wildman–Crippen MR) is 141 cm³/mol. The molecule has 0 saturated carbocycles. The van der Waals surface area contributed by atoms with E-state index in [1.165, 1.54) is 18.3 Å². The molecule has 1 aliphatic rings. The minimum absolute atomic E-state index is 0.00557. The number of alkyl halides is 3. The summed E-state index contributed by atoms with van der Waals surface area (Å²) in [6.07, 6.45) is -3.68. The van der Waals surface area contributed by atoms with Crippen molar-refractivity contribution in [2.75, 3.05) is 6.61 Å². The van der Waals surface area contributed by atoms with Crippen LogP contribution in [-0.2, 0) is 41.7 Å². The first-order valence-corrected chi connectivity index (χ1v) is 13.2. The van der Waals surface area contributed by atoms with Crippen LogP contribution in [0.1, 0.15) is 50.9 Å². The Hall–Kier alpha value is -4.52. The summed E-state index contributed by atoms with van der Waals surface area (Å²) in [5, 5.41) is 3.69. The lowest BCUT2D eigenvalue weighted by molar-refractivity contribution is -0.142. The fourth-order valence-electron chi connectivity index (χ4n) is 5.31. The van der Waals surface area contributed by atoms with Crippen LogP contribution in [0, 0.1) is 17.5 Å². The molecule has 13 heteroatoms. The molecule has 0 radical (unpaired) electrons. The molecule has 2 aromatic heterocycles. The van der Waals surface area contributed by atoms with Crippen molar-refractivity contribution in [3.8, 4) is 11.1 Å². The Labute approximate surface area is 241 Å². The molecule has 5 rings (SSSR count). The van der Waals surface area contributed by atoms with Gasteiger partial charge in [-0.1, -0.05) is 12.1 Å². The number of ketones is 1. The SMILES string of the molecule is NC(=O)c1cc(-c2cccnc2[C@@H](CC(=O)Cn2nc(C(F)(F)F)c3c2COCC3)Cc2cc(F)cc(F)c2)ccc1F. The second-order valence-corrected chi connectivity index (χ2v) is 10.1. The van der Waals surface area contributed by atoms with Gasteiger partial charge in [-0.15, -0.1) is 0 Å². The average molecular weight is 603 g/mol. The molecule has 2 N–H and O–H groups in total. The molecule has 1 amide bonds. The fourth-order valence-corrected chi connectivity index (χ4v) is 5.31. The van der Waals surface area contributed by atoms with Crippen LogP contribution >= 0.6 is 0 Å². The molecule has 0 bridgehead atoms. The zero-order valence-electron chi connectivity index (χ0n) is 22.4. The topological polar surface area (TPSA) is 100 Å². The highest BCUT2D eigenvalue weighted by Crippen LogP contribution is 2.36. The van der Waals surface area contributed by atoms with Gasteiger partial charge in [-0.05, 0) is 54.3 Å². The van der Waals surface area contributed by atoms with Crippen molar-refractivity contribution >= 4 is 11.7 Å². The summed E-state index contributed by atoms with van der Waals surface area (Å²) >= 11 is 0. The molecule has 43 heavy (non-hydrogen) atoms. The maximum absolute atomic E-state index is 14.2. The van der Waals surface area contributed by atoms with Gasteiger partial charge in [-0.2, -0.15) is 18.3 Å². The summed E-state index contributed by atoms with van der Waals surface area (Å²) in [6, 6.07) is 9.75. The van der Waals surface area contributed by atoms with E-state index in [9.17, 15) is 35.9 Å². The molecule has 224 valence electrons. The Morgan fingerprint density at radius 3 is 2.49 bits per heavy atom. The zero-order valence-corrected chi connectivity index (χ0v) is 22.4. The van der Waals surface area contributed by atoms with Gasteiger partial charge in [0.05, 0.1) is 36.7 Å². The largest absolute Gasteiger partial charge is 0.435 e. The number of hydrogen-bond acceptors (Lipinski definition) is 5. The highest BCUT2D eigenvalue weighted by atomic mass is 19.4. The second kappa shape index (κ2) is 12.0. The summed E-state index contributed by atoms with van der Waals surface area (Å²) in [6.45, 7) is -0.569. The number of amides is 1. The van der Waals surface area contributed by atoms with Crippen molar-refractivity contribution in [2.24, 2.45) is 5.73 Å². The van der Waals surface area contributed by atoms with Crippen molar-refractivity contribution in [3.63, 3.8) is 0 Å². The maximum Gasteiger partial charge on any atom is 0.435 e. The molecule has 0 spiro atoms. The maximum atomic E-state index is 14.2. The van der Waals surface area contributed by atoms with Gasteiger partial charge in [-0.3, -0.25) is 19.3 Å². The van der Waals surface area contributed by atoms with E-state index in [4.69, 9.17) is 10.5 Å². The number of carbonyl (C=O) groups excluding carboxylic acids is 2. The fraction of sp³-hybridized carbons (Fsp3) is 0.267. The molecule has 1 atom stereocenters. The minimum Gasteiger partial charge on any atom is -0.375 e. The minimum atomic E-state index is -4.72. The van der Waals surface area contributed by atoms with Crippen LogP contribution in [0.2, 0.25) is 0 Å². The molecule has 7 nitrogen and oxygen atoms in total. The number of halogens is 6. The van der Waals surface area contributed by atoms with Crippen molar-refractivity contribution < 1.29 is 40.7 Å². The van der Waals surface area contributed by atoms with Gasteiger partial charge < -0.3 is 10.5 Å². The van der Waals surface area contributed by atoms with E-state index >= 15 is 0 Å². The number of hydrogen-bond donors (Lipinski definition) is 1. The smallest absolute Gasteiger partial charge is 0.375 e. The lowest BCUT2D eigenvalue weighted by Gasteiger charge is -2.20. The third kappa shape index (κ3) is 6.61. The number of Topliss-reactive ketones (excluding diaryl/α,β-unsaturated/α-hetero) is 1. The van der Waals surface area contributed by atoms with E-state index in [-0.39, 0.29) is 60.6 Å². The Bertz CT molecular complexity index is 1680. The Kier molecular flexibility index (Phi) is 8.36. The van der Waals surface area contributed by atoms with Gasteiger partial charge in [0, 0.05) is 35.7 Å². The number of primary amides is 1. The molecule has 4 aromatic rings. The quantitative estimate of drug-likeness (QED) is 0.254. The Balaban J connectivity index is 1.52. The van der Waals surface area contributed by atoms with Gasteiger partial charge in [0.2, 0.25) is 0 Å². The highest BCUT2D eigenvalue weighted by molar-refractivity contribution is 5.94. The second-order valence-electron chi connectivity index (χ2n) is 10.1. The van der Waals surface area contributed by atoms with E-state index in [1.807, 2.05) is 0 Å². The summed E-state index contributed by atoms with van der Waals surface area (Å²) in [5.41, 5.74) is 5.21. The number of ether oxygens (including phenoxy) is 1. The molecule has 2 aromatic carbocycles. The first kappa shape index (κ1) is 30.0. The summed E-state index contributed by atoms with van der Waals surface area (Å²) in [4.78, 5) is 29.6. The number of benzene rings is 2. The van der Waals surface area contributed by atoms with Crippen molar-refractivity contribution in [1.82, 2.24) is 14.8 Å². The van der Waals surface area contributed by atoms with Gasteiger partial charge in [0.25, 0.3) is 5.91 Å². The monoisotopic (exact) mass is 602 g/mol. The first-order valence-electron chi connectivity index (χ1n) is 13.2. The molecular weight excluding hydrogens is 578 g/mol. The molecular formula is C30H24F6N4O3. The summed E-state index contributed by atoms with van der Waals surface area (Å²) in [5.74, 6) is -4.88. The standard InChI is InChI=1S/C30H24F6N4O3/c31-19-9-16(10-20(32)13-19)8-18(27-22(2-1-6-38-27)17-3-4-25(33)24(12-17)29(37)42)11-21(41)14-40-26-15-43-7-5-23(26)28(39-40)30(34,35)36/h1-4,6,9-10,12-13,18H,5,7-8,11,14-15H2,(H2,37,42)/t18-/m1/s1. The van der Waals surface area contributed by atoms with Crippen molar-refractivity contribution in [3.05, 3.63) is 106 Å². The van der Waals surface area contributed by atoms with Crippen LogP contribution < -0.4 is 5.73 Å². The van der Waals surface area contributed by atoms with E-state index in [2.05, 4.69) is 10.1 Å². The summed E-state index contributed by atoms with van der Waals surface area (Å²) in [7, 11) is 0. The van der Waals surface area contributed by atoms with Crippen LogP contribution in [0.15, 0.2) is 54.7 Å². The molecule has 1 aliphatic heterocycles. The highest BCUT2D eigenvalue weighted by Gasteiger charge is 2.40. The molecule has 0 saturated heterocycles. The van der Waals surface area contributed by atoms with Gasteiger partial charge in [0.15, 0.2) is 11.5 Å². The van der Waals surface area contributed by atoms with Crippen molar-refractivity contribution in [1.29, 1.82) is 0 Å². The number of fused-ring (bicyclic) bond motifs is 1. The van der Waals surface area contributed by atoms with Crippen LogP contribution in [-0.4, -0.2) is 33.1 Å². The Morgan fingerprint density at radius 1 is 1.05 bits per heavy atom. The molecule has 0 unspecified atom stereocenters. The number of nitrogens with two attached hydrogens (primary N) is 1.